The Morgan fingerprint density at radius 1 is 1.00 bits per heavy atom. The van der Waals surface area contributed by atoms with Gasteiger partial charge in [-0.1, -0.05) is 12.1 Å². The second-order valence-electron chi connectivity index (χ2n) is 6.15. The average molecular weight is 504 g/mol. The Hall–Kier alpha value is -1.68. The molecule has 1 aromatic rings. The molecule has 0 aliphatic heterocycles. The third-order valence-electron chi connectivity index (χ3n) is 3.85. The van der Waals surface area contributed by atoms with E-state index in [4.69, 9.17) is 9.47 Å². The Morgan fingerprint density at radius 2 is 1.57 bits per heavy atom. The predicted octanol–water partition coefficient (Wildman–Crippen LogP) is 2.16. The Kier molecular flexibility index (Phi) is 12.5. The van der Waals surface area contributed by atoms with Crippen molar-refractivity contribution in [2.45, 2.75) is 33.1 Å². The zero-order chi connectivity index (χ0) is 20.8. The number of hydrogen-bond donors (Lipinski definition) is 1. The van der Waals surface area contributed by atoms with Crippen LogP contribution in [0.25, 0.3) is 0 Å². The molecule has 0 saturated heterocycles. The van der Waals surface area contributed by atoms with Crippen LogP contribution in [0, 0.1) is 3.57 Å². The van der Waals surface area contributed by atoms with E-state index >= 15 is 0 Å². The summed E-state index contributed by atoms with van der Waals surface area (Å²) in [5.74, 6) is -0.857. The van der Waals surface area contributed by atoms with Crippen LogP contribution in [0.15, 0.2) is 24.3 Å². The molecule has 0 radical (unpaired) electrons. The molecule has 0 unspecified atom stereocenters. The molecular formula is C20H29IN2O5. The zero-order valence-corrected chi connectivity index (χ0v) is 18.7. The van der Waals surface area contributed by atoms with Gasteiger partial charge in [0.15, 0.2) is 0 Å². The fourth-order valence-corrected chi connectivity index (χ4v) is 2.90. The van der Waals surface area contributed by atoms with Gasteiger partial charge in [0.25, 0.3) is 0 Å². The maximum absolute atomic E-state index is 12.0. The first-order chi connectivity index (χ1) is 13.4. The van der Waals surface area contributed by atoms with Crippen molar-refractivity contribution in [2.75, 3.05) is 39.4 Å². The summed E-state index contributed by atoms with van der Waals surface area (Å²) < 4.78 is 11.0. The molecule has 156 valence electrons. The van der Waals surface area contributed by atoms with E-state index in [9.17, 15) is 14.4 Å². The van der Waals surface area contributed by atoms with E-state index in [2.05, 4.69) is 52.2 Å². The van der Waals surface area contributed by atoms with Gasteiger partial charge in [0, 0.05) is 23.1 Å². The van der Waals surface area contributed by atoms with Gasteiger partial charge in [0.05, 0.1) is 26.3 Å². The number of nitrogens with one attached hydrogen (secondary N) is 1. The molecule has 1 rings (SSSR count). The van der Waals surface area contributed by atoms with Gasteiger partial charge in [-0.3, -0.25) is 19.3 Å². The van der Waals surface area contributed by atoms with Crippen molar-refractivity contribution in [2.24, 2.45) is 0 Å². The van der Waals surface area contributed by atoms with Crippen LogP contribution < -0.4 is 5.32 Å². The number of carbonyl (C=O) groups excluding carboxylic acids is 3. The van der Waals surface area contributed by atoms with E-state index in [0.29, 0.717) is 19.5 Å². The molecule has 0 spiro atoms. The van der Waals surface area contributed by atoms with Crippen LogP contribution in [0.1, 0.15) is 32.3 Å². The predicted molar refractivity (Wildman–Crippen MR) is 115 cm³/mol. The number of benzene rings is 1. The second-order valence-corrected chi connectivity index (χ2v) is 7.40. The second kappa shape index (κ2) is 14.3. The fraction of sp³-hybridized carbons (Fsp3) is 0.550. The Labute approximate surface area is 180 Å². The van der Waals surface area contributed by atoms with Crippen LogP contribution in [0.3, 0.4) is 0 Å². The smallest absolute Gasteiger partial charge is 0.320 e. The van der Waals surface area contributed by atoms with Crippen LogP contribution in [-0.2, 0) is 30.3 Å². The van der Waals surface area contributed by atoms with Crippen LogP contribution in [0.2, 0.25) is 0 Å². The summed E-state index contributed by atoms with van der Waals surface area (Å²) in [5, 5.41) is 2.83. The van der Waals surface area contributed by atoms with Crippen molar-refractivity contribution in [1.29, 1.82) is 0 Å². The van der Waals surface area contributed by atoms with E-state index in [1.54, 1.807) is 18.7 Å². The molecule has 0 aliphatic rings. The number of halogens is 1. The molecule has 1 amide bonds. The van der Waals surface area contributed by atoms with Crippen LogP contribution in [0.4, 0.5) is 0 Å². The van der Waals surface area contributed by atoms with Crippen molar-refractivity contribution in [3.63, 3.8) is 0 Å². The van der Waals surface area contributed by atoms with Gasteiger partial charge in [-0.15, -0.1) is 0 Å². The van der Waals surface area contributed by atoms with Crippen molar-refractivity contribution < 1.29 is 23.9 Å². The maximum atomic E-state index is 12.0. The quantitative estimate of drug-likeness (QED) is 0.328. The molecule has 0 aliphatic carbocycles. The number of carbonyl (C=O) groups is 3. The summed E-state index contributed by atoms with van der Waals surface area (Å²) in [5.41, 5.74) is 1.21. The lowest BCUT2D eigenvalue weighted by Gasteiger charge is -2.20. The van der Waals surface area contributed by atoms with Crippen LogP contribution in [-0.4, -0.2) is 62.1 Å². The first kappa shape index (κ1) is 24.4. The van der Waals surface area contributed by atoms with E-state index in [-0.39, 0.29) is 32.2 Å². The summed E-state index contributed by atoms with van der Waals surface area (Å²) >= 11 is 2.26. The minimum atomic E-state index is -0.407. The monoisotopic (exact) mass is 504 g/mol. The van der Waals surface area contributed by atoms with E-state index < -0.39 is 11.9 Å². The normalized spacial score (nSPS) is 10.6. The molecule has 28 heavy (non-hydrogen) atoms. The van der Waals surface area contributed by atoms with Gasteiger partial charge >= 0.3 is 11.9 Å². The highest BCUT2D eigenvalue weighted by atomic mass is 127. The topological polar surface area (TPSA) is 84.9 Å². The summed E-state index contributed by atoms with van der Waals surface area (Å²) in [6.45, 7) is 4.69. The molecule has 8 heteroatoms. The van der Waals surface area contributed by atoms with Gasteiger partial charge in [0.1, 0.15) is 0 Å². The minimum absolute atomic E-state index is 0.0185. The molecule has 0 bridgehead atoms. The SMILES string of the molecule is CCOC(=O)CN(CCNC(=O)CCCc1ccc(I)cc1)CC(=O)OCC. The number of amides is 1. The number of aryl methyl sites for hydroxylation is 1. The lowest BCUT2D eigenvalue weighted by molar-refractivity contribution is -0.148. The number of nitrogens with zero attached hydrogens (tertiary/aromatic N) is 1. The highest BCUT2D eigenvalue weighted by Crippen LogP contribution is 2.09. The third kappa shape index (κ3) is 11.2. The Bertz CT molecular complexity index is 602. The largest absolute Gasteiger partial charge is 0.465 e. The third-order valence-corrected chi connectivity index (χ3v) is 4.57. The van der Waals surface area contributed by atoms with Crippen LogP contribution in [0.5, 0.6) is 0 Å². The van der Waals surface area contributed by atoms with E-state index in [0.717, 1.165) is 12.8 Å². The highest BCUT2D eigenvalue weighted by Gasteiger charge is 2.16. The number of hydrogen-bond acceptors (Lipinski definition) is 6. The first-order valence-electron chi connectivity index (χ1n) is 9.49. The molecule has 0 aromatic heterocycles. The molecule has 7 nitrogen and oxygen atoms in total. The molecular weight excluding hydrogens is 475 g/mol. The Morgan fingerprint density at radius 3 is 2.11 bits per heavy atom. The van der Waals surface area contributed by atoms with Gasteiger partial charge < -0.3 is 14.8 Å². The summed E-state index contributed by atoms with van der Waals surface area (Å²) in [4.78, 5) is 37.0. The van der Waals surface area contributed by atoms with Crippen molar-refractivity contribution in [3.8, 4) is 0 Å². The standard InChI is InChI=1S/C20H29IN2O5/c1-3-27-19(25)14-23(15-20(26)28-4-2)13-12-22-18(24)7-5-6-16-8-10-17(21)11-9-16/h8-11H,3-7,12-15H2,1-2H3,(H,22,24). The number of ether oxygens (including phenoxy) is 2. The lowest BCUT2D eigenvalue weighted by atomic mass is 10.1. The van der Waals surface area contributed by atoms with E-state index in [1.165, 1.54) is 9.13 Å². The number of esters is 2. The zero-order valence-electron chi connectivity index (χ0n) is 16.5. The van der Waals surface area contributed by atoms with Gasteiger partial charge in [-0.05, 0) is 67.0 Å². The molecule has 1 N–H and O–H groups in total. The first-order valence-corrected chi connectivity index (χ1v) is 10.6. The summed E-state index contributed by atoms with van der Waals surface area (Å²) in [6.07, 6.45) is 2.05. The lowest BCUT2D eigenvalue weighted by Crippen LogP contribution is -2.41. The van der Waals surface area contributed by atoms with Crippen LogP contribution >= 0.6 is 22.6 Å². The van der Waals surface area contributed by atoms with Crippen molar-refractivity contribution >= 4 is 40.4 Å². The Balaban J connectivity index is 2.33. The summed E-state index contributed by atoms with van der Waals surface area (Å²) in [7, 11) is 0. The van der Waals surface area contributed by atoms with Crippen molar-refractivity contribution in [3.05, 3.63) is 33.4 Å². The van der Waals surface area contributed by atoms with E-state index in [1.807, 2.05) is 0 Å². The number of rotatable bonds is 13. The fourth-order valence-electron chi connectivity index (χ4n) is 2.54. The van der Waals surface area contributed by atoms with Gasteiger partial charge in [0.2, 0.25) is 5.91 Å². The molecule has 0 atom stereocenters. The summed E-state index contributed by atoms with van der Waals surface area (Å²) in [6, 6.07) is 8.25. The highest BCUT2D eigenvalue weighted by molar-refractivity contribution is 14.1. The average Bonchev–Trinajstić information content (AvgIpc) is 2.63. The molecule has 1 aromatic carbocycles. The molecule has 0 saturated carbocycles. The van der Waals surface area contributed by atoms with Crippen molar-refractivity contribution in [1.82, 2.24) is 10.2 Å². The molecule has 0 fully saturated rings. The van der Waals surface area contributed by atoms with Gasteiger partial charge in [-0.25, -0.2) is 0 Å². The molecule has 0 heterocycles. The maximum Gasteiger partial charge on any atom is 0.320 e. The van der Waals surface area contributed by atoms with Gasteiger partial charge in [-0.2, -0.15) is 0 Å². The minimum Gasteiger partial charge on any atom is -0.465 e.